The zero-order chi connectivity index (χ0) is 13.0. The van der Waals surface area contributed by atoms with Crippen molar-refractivity contribution in [2.45, 2.75) is 12.6 Å². The molecule has 1 fully saturated rings. The zero-order valence-corrected chi connectivity index (χ0v) is 11.1. The van der Waals surface area contributed by atoms with E-state index in [0.29, 0.717) is 6.54 Å². The van der Waals surface area contributed by atoms with Crippen molar-refractivity contribution in [3.63, 3.8) is 0 Å². The van der Waals surface area contributed by atoms with Crippen molar-refractivity contribution in [2.75, 3.05) is 34.4 Å². The van der Waals surface area contributed by atoms with Crippen LogP contribution >= 0.6 is 0 Å². The van der Waals surface area contributed by atoms with Crippen molar-refractivity contribution in [1.82, 2.24) is 10.4 Å². The van der Waals surface area contributed by atoms with Crippen LogP contribution in [0.15, 0.2) is 18.2 Å². The fourth-order valence-corrected chi connectivity index (χ4v) is 1.97. The Kier molecular flexibility index (Phi) is 4.41. The number of methoxy groups -OCH3 is 1. The summed E-state index contributed by atoms with van der Waals surface area (Å²) in [7, 11) is 5.33. The first-order chi connectivity index (χ1) is 8.72. The molecule has 0 saturated carbocycles. The van der Waals surface area contributed by atoms with Gasteiger partial charge in [0.2, 0.25) is 0 Å². The molecule has 0 amide bonds. The molecular weight excluding hydrogens is 232 g/mol. The van der Waals surface area contributed by atoms with Gasteiger partial charge in [0.15, 0.2) is 11.5 Å². The predicted molar refractivity (Wildman–Crippen MR) is 68.8 cm³/mol. The summed E-state index contributed by atoms with van der Waals surface area (Å²) in [5.41, 5.74) is 3.89. The van der Waals surface area contributed by atoms with Crippen LogP contribution in [-0.2, 0) is 11.4 Å². The number of nitrogens with zero attached hydrogens (tertiary/aromatic N) is 1. The zero-order valence-electron chi connectivity index (χ0n) is 11.1. The first-order valence-electron chi connectivity index (χ1n) is 6.01. The van der Waals surface area contributed by atoms with Crippen LogP contribution in [-0.4, -0.2) is 45.4 Å². The molecule has 2 rings (SSSR count). The highest BCUT2D eigenvalue weighted by Gasteiger charge is 2.25. The Labute approximate surface area is 108 Å². The molecule has 0 radical (unpaired) electrons. The second kappa shape index (κ2) is 6.04. The van der Waals surface area contributed by atoms with Crippen LogP contribution in [0.2, 0.25) is 0 Å². The summed E-state index contributed by atoms with van der Waals surface area (Å²) in [5, 5.41) is 0. The molecule has 1 heterocycles. The lowest BCUT2D eigenvalue weighted by atomic mass is 10.1. The predicted octanol–water partition coefficient (Wildman–Crippen LogP) is 1.04. The largest absolute Gasteiger partial charge is 0.493 e. The number of hydrogen-bond donors (Lipinski definition) is 1. The van der Waals surface area contributed by atoms with Crippen LogP contribution in [0, 0.1) is 0 Å². The summed E-state index contributed by atoms with van der Waals surface area (Å²) in [6.07, 6.45) is 0.270. The molecule has 1 N–H and O–H groups in total. The van der Waals surface area contributed by atoms with E-state index in [1.807, 2.05) is 18.2 Å². The second-order valence-corrected chi connectivity index (χ2v) is 4.47. The Morgan fingerprint density at radius 3 is 2.67 bits per heavy atom. The van der Waals surface area contributed by atoms with Gasteiger partial charge in [-0.2, -0.15) is 5.48 Å². The smallest absolute Gasteiger partial charge is 0.161 e. The molecule has 5 nitrogen and oxygen atoms in total. The topological polar surface area (TPSA) is 43.0 Å². The van der Waals surface area contributed by atoms with Crippen LogP contribution in [0.25, 0.3) is 0 Å². The highest BCUT2D eigenvalue weighted by Crippen LogP contribution is 2.30. The Morgan fingerprint density at radius 2 is 2.06 bits per heavy atom. The average Bonchev–Trinajstić information content (AvgIpc) is 2.35. The summed E-state index contributed by atoms with van der Waals surface area (Å²) in [4.78, 5) is 7.04. The summed E-state index contributed by atoms with van der Waals surface area (Å²) >= 11 is 0. The minimum atomic E-state index is 0.270. The lowest BCUT2D eigenvalue weighted by molar-refractivity contribution is 0.0369. The second-order valence-electron chi connectivity index (χ2n) is 4.47. The minimum absolute atomic E-state index is 0.270. The number of hydrogen-bond acceptors (Lipinski definition) is 5. The van der Waals surface area contributed by atoms with E-state index in [4.69, 9.17) is 14.3 Å². The summed E-state index contributed by atoms with van der Waals surface area (Å²) < 4.78 is 11.2. The third-order valence-corrected chi connectivity index (χ3v) is 2.97. The van der Waals surface area contributed by atoms with Gasteiger partial charge in [-0.05, 0) is 24.7 Å². The highest BCUT2D eigenvalue weighted by molar-refractivity contribution is 5.43. The number of nitrogens with one attached hydrogen (secondary N) is 1. The molecule has 100 valence electrons. The fourth-order valence-electron chi connectivity index (χ4n) is 1.97. The lowest BCUT2D eigenvalue weighted by Crippen LogP contribution is -2.51. The molecule has 0 spiro atoms. The molecule has 0 atom stereocenters. The van der Waals surface area contributed by atoms with E-state index in [-0.39, 0.29) is 6.10 Å². The molecular formula is C13H20N2O3. The molecule has 0 aromatic heterocycles. The van der Waals surface area contributed by atoms with E-state index < -0.39 is 0 Å². The Balaban J connectivity index is 2.01. The van der Waals surface area contributed by atoms with Crippen LogP contribution in [0.1, 0.15) is 5.56 Å². The van der Waals surface area contributed by atoms with Gasteiger partial charge in [-0.15, -0.1) is 0 Å². The van der Waals surface area contributed by atoms with Crippen molar-refractivity contribution in [3.05, 3.63) is 23.8 Å². The number of benzene rings is 1. The van der Waals surface area contributed by atoms with Crippen molar-refractivity contribution in [1.29, 1.82) is 0 Å². The van der Waals surface area contributed by atoms with Gasteiger partial charge in [-0.3, -0.25) is 4.90 Å². The average molecular weight is 252 g/mol. The maximum Gasteiger partial charge on any atom is 0.161 e. The van der Waals surface area contributed by atoms with Gasteiger partial charge in [-0.1, -0.05) is 6.07 Å². The van der Waals surface area contributed by atoms with Crippen molar-refractivity contribution in [3.8, 4) is 11.5 Å². The highest BCUT2D eigenvalue weighted by atomic mass is 16.6. The Bertz CT molecular complexity index is 392. The first kappa shape index (κ1) is 13.1. The number of rotatable bonds is 6. The van der Waals surface area contributed by atoms with E-state index in [2.05, 4.69) is 17.4 Å². The molecule has 0 bridgehead atoms. The molecule has 1 aliphatic heterocycles. The van der Waals surface area contributed by atoms with E-state index in [0.717, 1.165) is 30.2 Å². The fraction of sp³-hybridized carbons (Fsp3) is 0.538. The quantitative estimate of drug-likeness (QED) is 0.766. The molecule has 0 unspecified atom stereocenters. The summed E-state index contributed by atoms with van der Waals surface area (Å²) in [6, 6.07) is 5.92. The monoisotopic (exact) mass is 252 g/mol. The van der Waals surface area contributed by atoms with Gasteiger partial charge >= 0.3 is 0 Å². The first-order valence-corrected chi connectivity index (χ1v) is 6.01. The molecule has 1 aromatic carbocycles. The van der Waals surface area contributed by atoms with Crippen molar-refractivity contribution < 1.29 is 14.3 Å². The lowest BCUT2D eigenvalue weighted by Gasteiger charge is -2.36. The molecule has 18 heavy (non-hydrogen) atoms. The van der Waals surface area contributed by atoms with Crippen LogP contribution in [0.3, 0.4) is 0 Å². The van der Waals surface area contributed by atoms with Gasteiger partial charge in [0.05, 0.1) is 14.2 Å². The number of likely N-dealkylation sites (N-methyl/N-ethyl adjacent to an activating group) is 1. The van der Waals surface area contributed by atoms with Gasteiger partial charge < -0.3 is 14.3 Å². The van der Waals surface area contributed by atoms with E-state index in [1.165, 1.54) is 0 Å². The van der Waals surface area contributed by atoms with E-state index in [9.17, 15) is 0 Å². The normalized spacial score (nSPS) is 16.4. The third kappa shape index (κ3) is 3.13. The number of likely N-dealkylation sites (tertiary alicyclic amines) is 1. The third-order valence-electron chi connectivity index (χ3n) is 2.97. The van der Waals surface area contributed by atoms with Gasteiger partial charge in [-0.25, -0.2) is 0 Å². The van der Waals surface area contributed by atoms with E-state index in [1.54, 1.807) is 14.2 Å². The minimum Gasteiger partial charge on any atom is -0.493 e. The van der Waals surface area contributed by atoms with Crippen LogP contribution in [0.4, 0.5) is 0 Å². The van der Waals surface area contributed by atoms with Crippen molar-refractivity contribution in [2.24, 2.45) is 0 Å². The molecule has 1 aromatic rings. The van der Waals surface area contributed by atoms with Gasteiger partial charge in [0, 0.05) is 19.6 Å². The molecule has 1 saturated heterocycles. The SMILES string of the molecule is CONCc1ccc(OC2CN(C)C2)c(OC)c1. The summed E-state index contributed by atoms with van der Waals surface area (Å²) in [5.74, 6) is 1.57. The van der Waals surface area contributed by atoms with E-state index >= 15 is 0 Å². The standard InChI is InChI=1S/C13H20N2O3/c1-15-8-11(9-15)18-12-5-4-10(7-14-17-3)6-13(12)16-2/h4-6,11,14H,7-9H2,1-3H3. The Morgan fingerprint density at radius 1 is 1.28 bits per heavy atom. The Hall–Kier alpha value is -1.30. The van der Waals surface area contributed by atoms with Crippen molar-refractivity contribution >= 4 is 0 Å². The molecule has 5 heteroatoms. The maximum atomic E-state index is 5.88. The van der Waals surface area contributed by atoms with Crippen LogP contribution < -0.4 is 15.0 Å². The number of ether oxygens (including phenoxy) is 2. The maximum absolute atomic E-state index is 5.88. The summed E-state index contributed by atoms with van der Waals surface area (Å²) in [6.45, 7) is 2.57. The van der Waals surface area contributed by atoms with Crippen LogP contribution in [0.5, 0.6) is 11.5 Å². The molecule has 0 aliphatic carbocycles. The van der Waals surface area contributed by atoms with Gasteiger partial charge in [0.25, 0.3) is 0 Å². The number of hydroxylamine groups is 1. The molecule has 1 aliphatic rings. The van der Waals surface area contributed by atoms with Gasteiger partial charge in [0.1, 0.15) is 6.10 Å².